The highest BCUT2D eigenvalue weighted by Crippen LogP contribution is 2.35. The topological polar surface area (TPSA) is 92.5 Å². The second-order valence-electron chi connectivity index (χ2n) is 9.08. The predicted octanol–water partition coefficient (Wildman–Crippen LogP) is 6.78. The third-order valence-electron chi connectivity index (χ3n) is 6.22. The number of imide groups is 1. The van der Waals surface area contributed by atoms with E-state index in [1.165, 1.54) is 18.2 Å². The normalized spacial score (nSPS) is 15.1. The van der Waals surface area contributed by atoms with E-state index in [1.807, 2.05) is 0 Å². The maximum absolute atomic E-state index is 14.2. The van der Waals surface area contributed by atoms with Crippen molar-refractivity contribution in [2.24, 2.45) is 0 Å². The predicted molar refractivity (Wildman–Crippen MR) is 145 cm³/mol. The van der Waals surface area contributed by atoms with Gasteiger partial charge in [0, 0.05) is 22.9 Å². The fourth-order valence-corrected chi connectivity index (χ4v) is 5.36. The molecule has 3 aromatic carbocycles. The first kappa shape index (κ1) is 26.6. The summed E-state index contributed by atoms with van der Waals surface area (Å²) < 4.78 is 29.9. The molecule has 4 aromatic rings. The molecule has 2 heterocycles. The van der Waals surface area contributed by atoms with Gasteiger partial charge in [0.2, 0.25) is 0 Å². The van der Waals surface area contributed by atoms with Crippen LogP contribution in [0.2, 0.25) is 5.02 Å². The molecular formula is C28H20ClF2N3O4S. The zero-order valence-corrected chi connectivity index (χ0v) is 22.0. The molecule has 2 amide bonds. The molecule has 1 aliphatic heterocycles. The molecule has 0 bridgehead atoms. The summed E-state index contributed by atoms with van der Waals surface area (Å²) in [5.74, 6) is -4.64. The van der Waals surface area contributed by atoms with Gasteiger partial charge in [-0.1, -0.05) is 35.9 Å². The van der Waals surface area contributed by atoms with Gasteiger partial charge in [-0.25, -0.2) is 13.6 Å². The summed E-state index contributed by atoms with van der Waals surface area (Å²) in [5.41, 5.74) is 2.19. The average molecular weight is 568 g/mol. The van der Waals surface area contributed by atoms with Crippen LogP contribution in [0.5, 0.6) is 0 Å². The summed E-state index contributed by atoms with van der Waals surface area (Å²) in [7, 11) is 0. The number of alkyl halides is 2. The number of aromatic nitrogens is 2. The van der Waals surface area contributed by atoms with Crippen LogP contribution in [0.4, 0.5) is 13.6 Å². The van der Waals surface area contributed by atoms with Crippen LogP contribution >= 0.6 is 23.4 Å². The molecule has 11 heteroatoms. The van der Waals surface area contributed by atoms with Crippen molar-refractivity contribution in [3.05, 3.63) is 105 Å². The van der Waals surface area contributed by atoms with E-state index in [1.54, 1.807) is 59.4 Å². The molecule has 0 atom stereocenters. The summed E-state index contributed by atoms with van der Waals surface area (Å²) in [6.45, 7) is 0.893. The Labute approximate surface area is 230 Å². The monoisotopic (exact) mass is 567 g/mol. The Balaban J connectivity index is 1.37. The van der Waals surface area contributed by atoms with Crippen molar-refractivity contribution in [2.75, 3.05) is 0 Å². The van der Waals surface area contributed by atoms with E-state index >= 15 is 0 Å². The van der Waals surface area contributed by atoms with Crippen molar-refractivity contribution in [1.82, 2.24) is 14.7 Å². The largest absolute Gasteiger partial charge is 0.478 e. The molecule has 0 radical (unpaired) electrons. The zero-order valence-electron chi connectivity index (χ0n) is 20.4. The van der Waals surface area contributed by atoms with E-state index in [0.29, 0.717) is 22.2 Å². The van der Waals surface area contributed by atoms with Gasteiger partial charge in [-0.2, -0.15) is 5.10 Å². The Kier molecular flexibility index (Phi) is 7.00. The van der Waals surface area contributed by atoms with Gasteiger partial charge in [0.05, 0.1) is 35.3 Å². The van der Waals surface area contributed by atoms with Gasteiger partial charge >= 0.3 is 5.97 Å². The number of carbonyl (C=O) groups is 3. The Morgan fingerprint density at radius 3 is 2.64 bits per heavy atom. The number of thioether (sulfide) groups is 1. The first-order valence-corrected chi connectivity index (χ1v) is 12.9. The number of carbonyl (C=O) groups excluding carboxylic acids is 2. The number of nitrogens with zero attached hydrogens (tertiary/aromatic N) is 3. The molecule has 0 unspecified atom stereocenters. The van der Waals surface area contributed by atoms with E-state index in [0.717, 1.165) is 29.0 Å². The minimum atomic E-state index is -3.07. The van der Waals surface area contributed by atoms with Crippen molar-refractivity contribution in [3.63, 3.8) is 0 Å². The highest BCUT2D eigenvalue weighted by molar-refractivity contribution is 8.18. The van der Waals surface area contributed by atoms with Gasteiger partial charge < -0.3 is 5.11 Å². The quantitative estimate of drug-likeness (QED) is 0.247. The van der Waals surface area contributed by atoms with Crippen molar-refractivity contribution in [2.45, 2.75) is 25.9 Å². The lowest BCUT2D eigenvalue weighted by Gasteiger charge is -2.16. The maximum atomic E-state index is 14.2. The van der Waals surface area contributed by atoms with Crippen molar-refractivity contribution in [3.8, 4) is 0 Å². The van der Waals surface area contributed by atoms with Crippen LogP contribution in [0.1, 0.15) is 39.5 Å². The Morgan fingerprint density at radius 2 is 1.90 bits per heavy atom. The van der Waals surface area contributed by atoms with E-state index < -0.39 is 23.0 Å². The highest BCUT2D eigenvalue weighted by atomic mass is 35.5. The zero-order chi connectivity index (χ0) is 27.9. The second-order valence-corrected chi connectivity index (χ2v) is 10.5. The number of benzene rings is 3. The van der Waals surface area contributed by atoms with Gasteiger partial charge in [-0.05, 0) is 70.9 Å². The molecular weight excluding hydrogens is 548 g/mol. The molecule has 1 N–H and O–H groups in total. The molecule has 0 saturated carbocycles. The van der Waals surface area contributed by atoms with Crippen molar-refractivity contribution in [1.29, 1.82) is 0 Å². The molecule has 39 heavy (non-hydrogen) atoms. The molecule has 1 saturated heterocycles. The lowest BCUT2D eigenvalue weighted by molar-refractivity contribution is -0.123. The van der Waals surface area contributed by atoms with Crippen LogP contribution in [0, 0.1) is 0 Å². The number of hydrogen-bond donors (Lipinski definition) is 1. The average Bonchev–Trinajstić information content (AvgIpc) is 3.39. The van der Waals surface area contributed by atoms with Crippen LogP contribution < -0.4 is 0 Å². The third-order valence-corrected chi connectivity index (χ3v) is 7.36. The Bertz CT molecular complexity index is 1680. The van der Waals surface area contributed by atoms with Crippen LogP contribution in [0.3, 0.4) is 0 Å². The number of halogens is 3. The standard InChI is InChI=1S/C28H20ClF2N3O4S/c1-28(30,31)22-12-21(29)7-6-19(22)15-34-23-8-5-16(9-20(23)13-32-34)11-24-25(35)33(27(38)39-24)14-17-3-2-4-18(10-17)26(36)37/h2-13H,14-15H2,1H3,(H,36,37)/b24-11-. The molecule has 198 valence electrons. The number of amides is 2. The molecule has 1 aromatic heterocycles. The number of hydrogen-bond acceptors (Lipinski definition) is 5. The molecule has 1 fully saturated rings. The van der Waals surface area contributed by atoms with Crippen LogP contribution in [-0.4, -0.2) is 36.9 Å². The minimum absolute atomic E-state index is 0.0432. The van der Waals surface area contributed by atoms with E-state index in [9.17, 15) is 28.3 Å². The summed E-state index contributed by atoms with van der Waals surface area (Å²) in [6.07, 6.45) is 3.21. The number of carboxylic acids is 1. The summed E-state index contributed by atoms with van der Waals surface area (Å²) in [4.78, 5) is 38.0. The Hall–Kier alpha value is -4.02. The maximum Gasteiger partial charge on any atom is 0.335 e. The van der Waals surface area contributed by atoms with E-state index in [2.05, 4.69) is 5.10 Å². The van der Waals surface area contributed by atoms with E-state index in [-0.39, 0.29) is 34.1 Å². The minimum Gasteiger partial charge on any atom is -0.478 e. The Morgan fingerprint density at radius 1 is 1.10 bits per heavy atom. The second kappa shape index (κ2) is 10.3. The lowest BCUT2D eigenvalue weighted by Crippen LogP contribution is -2.27. The summed E-state index contributed by atoms with van der Waals surface area (Å²) in [6, 6.07) is 15.8. The number of aromatic carboxylic acids is 1. The van der Waals surface area contributed by atoms with Crippen molar-refractivity contribution < 1.29 is 28.3 Å². The molecule has 0 aliphatic carbocycles. The fourth-order valence-electron chi connectivity index (χ4n) is 4.35. The first-order valence-electron chi connectivity index (χ1n) is 11.7. The van der Waals surface area contributed by atoms with Crippen LogP contribution in [0.25, 0.3) is 17.0 Å². The van der Waals surface area contributed by atoms with Gasteiger partial charge in [0.15, 0.2) is 0 Å². The fraction of sp³-hybridized carbons (Fsp3) is 0.143. The van der Waals surface area contributed by atoms with Gasteiger partial charge in [-0.15, -0.1) is 0 Å². The lowest BCUT2D eigenvalue weighted by atomic mass is 10.0. The van der Waals surface area contributed by atoms with Gasteiger partial charge in [0.1, 0.15) is 0 Å². The molecule has 7 nitrogen and oxygen atoms in total. The molecule has 1 aliphatic rings. The highest BCUT2D eigenvalue weighted by Gasteiger charge is 2.35. The first-order chi connectivity index (χ1) is 18.5. The van der Waals surface area contributed by atoms with Crippen molar-refractivity contribution >= 4 is 57.5 Å². The summed E-state index contributed by atoms with van der Waals surface area (Å²) >= 11 is 6.74. The summed E-state index contributed by atoms with van der Waals surface area (Å²) in [5, 5.41) is 14.0. The molecule has 0 spiro atoms. The van der Waals surface area contributed by atoms with E-state index in [4.69, 9.17) is 11.6 Å². The number of fused-ring (bicyclic) bond motifs is 1. The van der Waals surface area contributed by atoms with Gasteiger partial charge in [0.25, 0.3) is 17.1 Å². The van der Waals surface area contributed by atoms with Crippen LogP contribution in [-0.2, 0) is 23.8 Å². The number of carboxylic acid groups (broad SMARTS) is 1. The van der Waals surface area contributed by atoms with Gasteiger partial charge in [-0.3, -0.25) is 19.2 Å². The third kappa shape index (κ3) is 5.57. The smallest absolute Gasteiger partial charge is 0.335 e. The SMILES string of the molecule is CC(F)(F)c1cc(Cl)ccc1Cn1ncc2cc(/C=C3\SC(=O)N(Cc4cccc(C(=O)O)c4)C3=O)ccc21. The number of rotatable bonds is 7. The van der Waals surface area contributed by atoms with Crippen LogP contribution in [0.15, 0.2) is 71.8 Å². The molecule has 5 rings (SSSR count).